The van der Waals surface area contributed by atoms with Gasteiger partial charge in [-0.2, -0.15) is 4.72 Å². The molecule has 0 saturated carbocycles. The van der Waals surface area contributed by atoms with Gasteiger partial charge < -0.3 is 31.6 Å². The molecular formula is C31H49N5O7S. The number of unbranched alkanes of at least 4 members (excludes halogenated alkanes) is 1. The van der Waals surface area contributed by atoms with Gasteiger partial charge in [-0.3, -0.25) is 14.4 Å². The summed E-state index contributed by atoms with van der Waals surface area (Å²) in [7, 11) is -3.03. The first-order valence-electron chi connectivity index (χ1n) is 15.0. The third kappa shape index (κ3) is 12.4. The average Bonchev–Trinajstić information content (AvgIpc) is 3.13. The summed E-state index contributed by atoms with van der Waals surface area (Å²) in [5.74, 6) is -0.792. The zero-order valence-electron chi connectivity index (χ0n) is 26.2. The van der Waals surface area contributed by atoms with Crippen LogP contribution in [0.3, 0.4) is 0 Å². The quantitative estimate of drug-likeness (QED) is 0.119. The molecule has 0 radical (unpaired) electrons. The highest BCUT2D eigenvalue weighted by Crippen LogP contribution is 2.27. The SMILES string of the molecule is C=C1C=CC(N)(CCCCC(=O)NCC(NS(=O)(=O)c2c(C)cc(OCCCC(=O)NCCN)cc2C)C(=O)OC)CCC1. The van der Waals surface area contributed by atoms with Gasteiger partial charge in [0.2, 0.25) is 21.8 Å². The maximum Gasteiger partial charge on any atom is 0.325 e. The molecule has 2 amide bonds. The monoisotopic (exact) mass is 635 g/mol. The summed E-state index contributed by atoms with van der Waals surface area (Å²) in [5, 5.41) is 5.33. The molecule has 44 heavy (non-hydrogen) atoms. The predicted octanol–water partition coefficient (Wildman–Crippen LogP) is 2.03. The maximum atomic E-state index is 13.4. The fraction of sp³-hybridized carbons (Fsp3) is 0.581. The van der Waals surface area contributed by atoms with Crippen molar-refractivity contribution in [2.45, 2.75) is 88.1 Å². The Bertz CT molecular complexity index is 1280. The van der Waals surface area contributed by atoms with E-state index in [-0.39, 0.29) is 42.7 Å². The molecule has 2 rings (SSSR count). The molecular weight excluding hydrogens is 586 g/mol. The molecule has 1 aliphatic rings. The van der Waals surface area contributed by atoms with Crippen LogP contribution in [0, 0.1) is 13.8 Å². The van der Waals surface area contributed by atoms with Gasteiger partial charge in [-0.25, -0.2) is 8.42 Å². The fourth-order valence-electron chi connectivity index (χ4n) is 5.05. The summed E-state index contributed by atoms with van der Waals surface area (Å²) in [5.41, 5.74) is 13.3. The van der Waals surface area contributed by atoms with Crippen LogP contribution < -0.4 is 31.6 Å². The summed E-state index contributed by atoms with van der Waals surface area (Å²) in [6, 6.07) is 1.83. The van der Waals surface area contributed by atoms with Crippen molar-refractivity contribution in [3.05, 3.63) is 47.6 Å². The molecule has 0 aromatic heterocycles. The number of nitrogens with two attached hydrogens (primary N) is 2. The minimum absolute atomic E-state index is 0.00177. The molecule has 13 heteroatoms. The highest BCUT2D eigenvalue weighted by Gasteiger charge is 2.29. The third-order valence-electron chi connectivity index (χ3n) is 7.36. The van der Waals surface area contributed by atoms with E-state index in [0.717, 1.165) is 44.8 Å². The molecule has 0 spiro atoms. The second kappa shape index (κ2) is 17.9. The zero-order valence-corrected chi connectivity index (χ0v) is 27.0. The number of allylic oxidation sites excluding steroid dienone is 2. The van der Waals surface area contributed by atoms with Crippen LogP contribution in [0.15, 0.2) is 41.3 Å². The Morgan fingerprint density at radius 2 is 1.73 bits per heavy atom. The van der Waals surface area contributed by atoms with E-state index in [0.29, 0.717) is 42.8 Å². The molecule has 7 N–H and O–H groups in total. The van der Waals surface area contributed by atoms with Crippen LogP contribution >= 0.6 is 0 Å². The molecule has 0 saturated heterocycles. The molecule has 0 heterocycles. The van der Waals surface area contributed by atoms with Crippen molar-refractivity contribution >= 4 is 27.8 Å². The maximum absolute atomic E-state index is 13.4. The Balaban J connectivity index is 1.92. The van der Waals surface area contributed by atoms with Crippen molar-refractivity contribution in [3.63, 3.8) is 0 Å². The van der Waals surface area contributed by atoms with E-state index in [1.165, 1.54) is 0 Å². The van der Waals surface area contributed by atoms with Gasteiger partial charge >= 0.3 is 5.97 Å². The number of methoxy groups -OCH3 is 1. The minimum Gasteiger partial charge on any atom is -0.494 e. The van der Waals surface area contributed by atoms with E-state index in [2.05, 4.69) is 21.9 Å². The van der Waals surface area contributed by atoms with Gasteiger partial charge in [0, 0.05) is 38.0 Å². The van der Waals surface area contributed by atoms with E-state index in [1.54, 1.807) is 26.0 Å². The molecule has 1 aromatic rings. The lowest BCUT2D eigenvalue weighted by molar-refractivity contribution is -0.142. The number of hydrogen-bond acceptors (Lipinski definition) is 9. The van der Waals surface area contributed by atoms with Gasteiger partial charge in [0.25, 0.3) is 0 Å². The molecule has 2 atom stereocenters. The highest BCUT2D eigenvalue weighted by atomic mass is 32.2. The summed E-state index contributed by atoms with van der Waals surface area (Å²) in [6.07, 6.45) is 9.81. The van der Waals surface area contributed by atoms with E-state index in [4.69, 9.17) is 20.9 Å². The lowest BCUT2D eigenvalue weighted by atomic mass is 9.89. The van der Waals surface area contributed by atoms with Crippen LogP contribution in [0.4, 0.5) is 0 Å². The van der Waals surface area contributed by atoms with Crippen molar-refractivity contribution in [1.29, 1.82) is 0 Å². The number of carbonyl (C=O) groups is 3. The van der Waals surface area contributed by atoms with Crippen molar-refractivity contribution in [2.24, 2.45) is 11.5 Å². The van der Waals surface area contributed by atoms with E-state index in [9.17, 15) is 22.8 Å². The van der Waals surface area contributed by atoms with Gasteiger partial charge in [-0.15, -0.1) is 0 Å². The van der Waals surface area contributed by atoms with Crippen molar-refractivity contribution in [3.8, 4) is 5.75 Å². The average molecular weight is 636 g/mol. The molecule has 2 unspecified atom stereocenters. The van der Waals surface area contributed by atoms with Crippen LogP contribution in [0.1, 0.15) is 68.9 Å². The minimum atomic E-state index is -4.18. The Hall–Kier alpha value is -3.26. The number of rotatable bonds is 18. The van der Waals surface area contributed by atoms with Crippen LogP contribution in [-0.4, -0.2) is 71.1 Å². The Labute approximate surface area is 261 Å². The topological polar surface area (TPSA) is 192 Å². The predicted molar refractivity (Wildman–Crippen MR) is 169 cm³/mol. The van der Waals surface area contributed by atoms with E-state index < -0.39 is 27.6 Å². The number of amides is 2. The second-order valence-corrected chi connectivity index (χ2v) is 12.9. The second-order valence-electron chi connectivity index (χ2n) is 11.3. The van der Waals surface area contributed by atoms with Gasteiger partial charge in [-0.05, 0) is 75.6 Å². The molecule has 0 bridgehead atoms. The van der Waals surface area contributed by atoms with E-state index >= 15 is 0 Å². The largest absolute Gasteiger partial charge is 0.494 e. The first kappa shape index (κ1) is 36.9. The number of hydrogen-bond donors (Lipinski definition) is 5. The molecule has 1 aliphatic carbocycles. The van der Waals surface area contributed by atoms with Gasteiger partial charge in [-0.1, -0.05) is 30.7 Å². The number of ether oxygens (including phenoxy) is 2. The highest BCUT2D eigenvalue weighted by molar-refractivity contribution is 7.89. The number of aryl methyl sites for hydroxylation is 2. The summed E-state index contributed by atoms with van der Waals surface area (Å²) in [6.45, 7) is 8.02. The van der Waals surface area contributed by atoms with Gasteiger partial charge in [0.05, 0.1) is 18.6 Å². The standard InChI is InChI=1S/C31H49N5O7S/c1-22-9-7-14-31(33,15-12-22)13-6-5-10-28(38)35-21-26(30(39)42-4)36-44(40,41)29-23(2)19-25(20-24(29)3)43-18-8-11-27(37)34-17-16-32/h12,15,19-20,26,36H,1,5-11,13-14,16-18,21,32-33H2,2-4H3,(H,34,37)(H,35,38). The molecule has 246 valence electrons. The molecule has 0 fully saturated rings. The fourth-order valence-corrected chi connectivity index (χ4v) is 6.69. The zero-order chi connectivity index (χ0) is 32.8. The third-order valence-corrected chi connectivity index (χ3v) is 9.14. The first-order valence-corrected chi connectivity index (χ1v) is 16.5. The first-order chi connectivity index (χ1) is 20.8. The molecule has 0 aliphatic heterocycles. The van der Waals surface area contributed by atoms with Crippen molar-refractivity contribution < 1.29 is 32.3 Å². The summed E-state index contributed by atoms with van der Waals surface area (Å²) < 4.78 is 39.6. The van der Waals surface area contributed by atoms with Gasteiger partial charge in [0.1, 0.15) is 11.8 Å². The van der Waals surface area contributed by atoms with Crippen LogP contribution in [0.2, 0.25) is 0 Å². The number of nitrogens with one attached hydrogen (secondary N) is 3. The Morgan fingerprint density at radius 1 is 1.07 bits per heavy atom. The van der Waals surface area contributed by atoms with Crippen molar-refractivity contribution in [2.75, 3.05) is 33.4 Å². The number of benzene rings is 1. The lowest BCUT2D eigenvalue weighted by Gasteiger charge is -2.24. The number of sulfonamides is 1. The van der Waals surface area contributed by atoms with E-state index in [1.807, 2.05) is 12.2 Å². The smallest absolute Gasteiger partial charge is 0.325 e. The normalized spacial score (nSPS) is 17.4. The Kier molecular flexibility index (Phi) is 15.0. The summed E-state index contributed by atoms with van der Waals surface area (Å²) in [4.78, 5) is 36.7. The molecule has 1 aromatic carbocycles. The number of esters is 1. The summed E-state index contributed by atoms with van der Waals surface area (Å²) >= 11 is 0. The van der Waals surface area contributed by atoms with Gasteiger partial charge in [0.15, 0.2) is 0 Å². The van der Waals surface area contributed by atoms with Crippen molar-refractivity contribution in [1.82, 2.24) is 15.4 Å². The van der Waals surface area contributed by atoms with Crippen LogP contribution in [0.5, 0.6) is 5.75 Å². The lowest BCUT2D eigenvalue weighted by Crippen LogP contribution is -2.49. The van der Waals surface area contributed by atoms with Crippen LogP contribution in [-0.2, 0) is 29.1 Å². The molecule has 12 nitrogen and oxygen atoms in total. The number of carbonyl (C=O) groups excluding carboxylic acids is 3. The Morgan fingerprint density at radius 3 is 2.39 bits per heavy atom. The van der Waals surface area contributed by atoms with Crippen LogP contribution in [0.25, 0.3) is 0 Å².